The molecule has 0 spiro atoms. The summed E-state index contributed by atoms with van der Waals surface area (Å²) < 4.78 is 14.0. The van der Waals surface area contributed by atoms with Gasteiger partial charge in [-0.2, -0.15) is 0 Å². The predicted octanol–water partition coefficient (Wildman–Crippen LogP) is 5.35. The summed E-state index contributed by atoms with van der Waals surface area (Å²) in [6.45, 7) is 0. The Balaban J connectivity index is 1.59. The first-order valence-electron chi connectivity index (χ1n) is 8.56. The monoisotopic (exact) mass is 340 g/mol. The van der Waals surface area contributed by atoms with Crippen LogP contribution in [0.1, 0.15) is 17.8 Å². The summed E-state index contributed by atoms with van der Waals surface area (Å²) in [4.78, 5) is 7.63. The molecule has 2 aromatic heterocycles. The molecule has 2 aromatic carbocycles. The van der Waals surface area contributed by atoms with Crippen LogP contribution in [0.5, 0.6) is 0 Å². The van der Waals surface area contributed by atoms with Crippen LogP contribution in [0, 0.1) is 17.7 Å². The van der Waals surface area contributed by atoms with Crippen molar-refractivity contribution in [1.29, 1.82) is 0 Å². The van der Waals surface area contributed by atoms with Crippen LogP contribution in [0.3, 0.4) is 0 Å². The number of aromatic nitrogens is 2. The van der Waals surface area contributed by atoms with Gasteiger partial charge in [-0.1, -0.05) is 42.3 Å². The first kappa shape index (κ1) is 16.1. The third kappa shape index (κ3) is 3.50. The normalized spacial score (nSPS) is 10.5. The molecule has 0 bridgehead atoms. The minimum atomic E-state index is -0.225. The molecule has 0 fully saturated rings. The molecule has 1 N–H and O–H groups in total. The Bertz CT molecular complexity index is 1090. The van der Waals surface area contributed by atoms with Gasteiger partial charge in [0.25, 0.3) is 0 Å². The Labute approximate surface area is 151 Å². The molecular formula is C23H17FN2. The average Bonchev–Trinajstić information content (AvgIpc) is 3.09. The van der Waals surface area contributed by atoms with Crippen LogP contribution in [0.4, 0.5) is 4.39 Å². The fourth-order valence-electron chi connectivity index (χ4n) is 3.03. The molecule has 2 nitrogen and oxygen atoms in total. The Kier molecular flexibility index (Phi) is 4.49. The molecule has 126 valence electrons. The first-order chi connectivity index (χ1) is 12.8. The van der Waals surface area contributed by atoms with Crippen molar-refractivity contribution in [1.82, 2.24) is 9.97 Å². The Morgan fingerprint density at radius 2 is 1.81 bits per heavy atom. The van der Waals surface area contributed by atoms with Crippen molar-refractivity contribution in [3.05, 3.63) is 90.1 Å². The number of nitrogens with zero attached hydrogens (tertiary/aromatic N) is 1. The third-order valence-electron chi connectivity index (χ3n) is 4.23. The molecule has 4 rings (SSSR count). The second kappa shape index (κ2) is 7.25. The number of halogens is 1. The highest BCUT2D eigenvalue weighted by Gasteiger charge is 2.09. The Morgan fingerprint density at radius 1 is 0.962 bits per heavy atom. The maximum atomic E-state index is 14.0. The van der Waals surface area contributed by atoms with Crippen molar-refractivity contribution in [2.24, 2.45) is 0 Å². The average molecular weight is 340 g/mol. The molecule has 0 atom stereocenters. The van der Waals surface area contributed by atoms with E-state index in [0.29, 0.717) is 6.42 Å². The SMILES string of the molecule is Fc1cc(-c2ccccc2)c2[nH]c(CCC#Cc3ccccn3)cc2c1. The number of aryl methyl sites for hydroxylation is 1. The molecule has 3 heteroatoms. The lowest BCUT2D eigenvalue weighted by atomic mass is 10.0. The fourth-order valence-corrected chi connectivity index (χ4v) is 3.03. The van der Waals surface area contributed by atoms with Crippen LogP contribution >= 0.6 is 0 Å². The van der Waals surface area contributed by atoms with Gasteiger partial charge in [-0.05, 0) is 48.2 Å². The zero-order valence-corrected chi connectivity index (χ0v) is 14.2. The Morgan fingerprint density at radius 3 is 2.62 bits per heavy atom. The molecule has 0 saturated heterocycles. The summed E-state index contributed by atoms with van der Waals surface area (Å²) in [7, 11) is 0. The van der Waals surface area contributed by atoms with E-state index in [9.17, 15) is 4.39 Å². The van der Waals surface area contributed by atoms with Gasteiger partial charge in [0.1, 0.15) is 11.5 Å². The van der Waals surface area contributed by atoms with Crippen LogP contribution in [0.2, 0.25) is 0 Å². The van der Waals surface area contributed by atoms with E-state index in [2.05, 4.69) is 21.8 Å². The summed E-state index contributed by atoms with van der Waals surface area (Å²) >= 11 is 0. The molecule has 4 aromatic rings. The standard InChI is InChI=1S/C23H17FN2/c24-19-14-18-15-21(12-5-4-10-20-11-6-7-13-25-20)26-23(18)22(16-19)17-8-2-1-3-9-17/h1-3,6-9,11,13-16,26H,5,12H2. The van der Waals surface area contributed by atoms with Crippen molar-refractivity contribution < 1.29 is 4.39 Å². The smallest absolute Gasteiger partial charge is 0.124 e. The number of hydrogen-bond donors (Lipinski definition) is 1. The van der Waals surface area contributed by atoms with Crippen LogP contribution in [0.25, 0.3) is 22.0 Å². The summed E-state index contributed by atoms with van der Waals surface area (Å²) in [5.41, 5.74) is 4.67. The molecule has 0 amide bonds. The van der Waals surface area contributed by atoms with Crippen molar-refractivity contribution in [2.75, 3.05) is 0 Å². The van der Waals surface area contributed by atoms with Crippen molar-refractivity contribution in [3.8, 4) is 23.0 Å². The van der Waals surface area contributed by atoms with E-state index in [4.69, 9.17) is 0 Å². The van der Waals surface area contributed by atoms with Crippen molar-refractivity contribution in [2.45, 2.75) is 12.8 Å². The van der Waals surface area contributed by atoms with Crippen molar-refractivity contribution >= 4 is 10.9 Å². The third-order valence-corrected chi connectivity index (χ3v) is 4.23. The van der Waals surface area contributed by atoms with Crippen molar-refractivity contribution in [3.63, 3.8) is 0 Å². The van der Waals surface area contributed by atoms with E-state index >= 15 is 0 Å². The quantitative estimate of drug-likeness (QED) is 0.500. The number of H-pyrrole nitrogens is 1. The maximum absolute atomic E-state index is 14.0. The zero-order chi connectivity index (χ0) is 17.8. The van der Waals surface area contributed by atoms with Gasteiger partial charge in [-0.25, -0.2) is 9.37 Å². The largest absolute Gasteiger partial charge is 0.358 e. The van der Waals surface area contributed by atoms with Gasteiger partial charge < -0.3 is 4.98 Å². The second-order valence-electron chi connectivity index (χ2n) is 6.09. The van der Waals surface area contributed by atoms with Gasteiger partial charge in [-0.15, -0.1) is 0 Å². The van der Waals surface area contributed by atoms with E-state index < -0.39 is 0 Å². The van der Waals surface area contributed by atoms with E-state index in [0.717, 1.165) is 39.8 Å². The number of rotatable bonds is 3. The predicted molar refractivity (Wildman–Crippen MR) is 103 cm³/mol. The summed E-state index contributed by atoms with van der Waals surface area (Å²) in [6, 6.07) is 20.7. The lowest BCUT2D eigenvalue weighted by Gasteiger charge is -2.04. The molecule has 26 heavy (non-hydrogen) atoms. The maximum Gasteiger partial charge on any atom is 0.124 e. The lowest BCUT2D eigenvalue weighted by molar-refractivity contribution is 0.630. The number of pyridine rings is 1. The first-order valence-corrected chi connectivity index (χ1v) is 8.56. The number of nitrogens with one attached hydrogen (secondary N) is 1. The molecule has 0 aliphatic heterocycles. The highest BCUT2D eigenvalue weighted by Crippen LogP contribution is 2.30. The number of fused-ring (bicyclic) bond motifs is 1. The van der Waals surface area contributed by atoms with Gasteiger partial charge in [0.15, 0.2) is 0 Å². The van der Waals surface area contributed by atoms with E-state index in [1.165, 1.54) is 0 Å². The van der Waals surface area contributed by atoms with Crippen LogP contribution in [-0.4, -0.2) is 9.97 Å². The number of aromatic amines is 1. The molecule has 0 radical (unpaired) electrons. The molecular weight excluding hydrogens is 323 g/mol. The molecule has 0 aliphatic carbocycles. The van der Waals surface area contributed by atoms with Crippen LogP contribution < -0.4 is 0 Å². The van der Waals surface area contributed by atoms with Crippen LogP contribution in [-0.2, 0) is 6.42 Å². The fraction of sp³-hybridized carbons (Fsp3) is 0.0870. The molecule has 0 aliphatic rings. The topological polar surface area (TPSA) is 28.7 Å². The highest BCUT2D eigenvalue weighted by atomic mass is 19.1. The minimum Gasteiger partial charge on any atom is -0.358 e. The summed E-state index contributed by atoms with van der Waals surface area (Å²) in [6.07, 6.45) is 3.23. The highest BCUT2D eigenvalue weighted by molar-refractivity contribution is 5.94. The van der Waals surface area contributed by atoms with E-state index in [1.54, 1.807) is 18.3 Å². The van der Waals surface area contributed by atoms with Crippen LogP contribution in [0.15, 0.2) is 72.9 Å². The van der Waals surface area contributed by atoms with Gasteiger partial charge >= 0.3 is 0 Å². The van der Waals surface area contributed by atoms with Gasteiger partial charge in [0.05, 0.1) is 5.52 Å². The number of benzene rings is 2. The van der Waals surface area contributed by atoms with E-state index in [-0.39, 0.29) is 5.82 Å². The molecule has 2 heterocycles. The van der Waals surface area contributed by atoms with Gasteiger partial charge in [0, 0.05) is 29.3 Å². The Hall–Kier alpha value is -3.38. The molecule has 0 unspecified atom stereocenters. The van der Waals surface area contributed by atoms with Gasteiger partial charge in [0.2, 0.25) is 0 Å². The van der Waals surface area contributed by atoms with Gasteiger partial charge in [-0.3, -0.25) is 0 Å². The lowest BCUT2D eigenvalue weighted by Crippen LogP contribution is -1.85. The van der Waals surface area contributed by atoms with E-state index in [1.807, 2.05) is 54.6 Å². The second-order valence-corrected chi connectivity index (χ2v) is 6.09. The molecule has 0 saturated carbocycles. The summed E-state index contributed by atoms with van der Waals surface area (Å²) in [5, 5.41) is 0.886. The minimum absolute atomic E-state index is 0.225. The number of hydrogen-bond acceptors (Lipinski definition) is 1. The summed E-state index contributed by atoms with van der Waals surface area (Å²) in [5.74, 6) is 5.98. The zero-order valence-electron chi connectivity index (χ0n) is 14.2.